The van der Waals surface area contributed by atoms with Gasteiger partial charge in [0.2, 0.25) is 5.89 Å². The summed E-state index contributed by atoms with van der Waals surface area (Å²) in [6, 6.07) is 12.2. The van der Waals surface area contributed by atoms with Crippen LogP contribution >= 0.6 is 23.2 Å². The van der Waals surface area contributed by atoms with E-state index in [2.05, 4.69) is 15.3 Å². The van der Waals surface area contributed by atoms with Gasteiger partial charge in [-0.15, -0.1) is 15.3 Å². The molecule has 4 rings (SSSR count). The Morgan fingerprint density at radius 1 is 1.03 bits per heavy atom. The highest BCUT2D eigenvalue weighted by Crippen LogP contribution is 2.33. The maximum Gasteiger partial charge on any atom is 0.442 e. The van der Waals surface area contributed by atoms with Gasteiger partial charge >= 0.3 is 5.76 Å². The second kappa shape index (κ2) is 11.2. The summed E-state index contributed by atoms with van der Waals surface area (Å²) >= 11 is 12.3. The topological polar surface area (TPSA) is 131 Å². The molecule has 0 amide bonds. The standard InChI is InChI=1S/C15H18Cl2N2O3.C10H10N4O/c1-8(2)21-12-7-11(9(16)6-10(12)17)19-14(20)22-13(18-19)15(3,4)5;1-7-12-13-9(10(15)14(7)11)8-5-3-2-4-6-8/h6-8H,1-5H3;2-6H,11H2,1H3. The molecule has 4 aromatic rings. The second-order valence-electron chi connectivity index (χ2n) is 9.37. The first-order chi connectivity index (χ1) is 17.3. The van der Waals surface area contributed by atoms with Crippen molar-refractivity contribution in [1.29, 1.82) is 0 Å². The van der Waals surface area contributed by atoms with Crippen molar-refractivity contribution in [3.05, 3.63) is 85.1 Å². The monoisotopic (exact) mass is 546 g/mol. The van der Waals surface area contributed by atoms with Gasteiger partial charge in [-0.2, -0.15) is 4.68 Å². The van der Waals surface area contributed by atoms with Crippen LogP contribution in [0, 0.1) is 6.92 Å². The highest BCUT2D eigenvalue weighted by atomic mass is 35.5. The van der Waals surface area contributed by atoms with E-state index in [9.17, 15) is 9.59 Å². The summed E-state index contributed by atoms with van der Waals surface area (Å²) in [4.78, 5) is 23.8. The Kier molecular flexibility index (Phi) is 8.45. The molecule has 0 radical (unpaired) electrons. The number of rotatable bonds is 4. The third-order valence-electron chi connectivity index (χ3n) is 4.89. The first-order valence-corrected chi connectivity index (χ1v) is 12.1. The lowest BCUT2D eigenvalue weighted by Crippen LogP contribution is -2.32. The van der Waals surface area contributed by atoms with Crippen LogP contribution in [0.5, 0.6) is 5.75 Å². The zero-order valence-electron chi connectivity index (χ0n) is 21.3. The van der Waals surface area contributed by atoms with Crippen LogP contribution in [-0.4, -0.2) is 30.8 Å². The Morgan fingerprint density at radius 3 is 2.24 bits per heavy atom. The van der Waals surface area contributed by atoms with E-state index in [1.165, 1.54) is 6.07 Å². The molecule has 2 N–H and O–H groups in total. The van der Waals surface area contributed by atoms with Crippen LogP contribution in [0.25, 0.3) is 16.9 Å². The fourth-order valence-electron chi connectivity index (χ4n) is 3.01. The van der Waals surface area contributed by atoms with Crippen molar-refractivity contribution in [3.8, 4) is 22.7 Å². The minimum absolute atomic E-state index is 0.0642. The molecule has 0 aliphatic rings. The molecular weight excluding hydrogens is 519 g/mol. The lowest BCUT2D eigenvalue weighted by Gasteiger charge is -2.13. The lowest BCUT2D eigenvalue weighted by atomic mass is 9.97. The summed E-state index contributed by atoms with van der Waals surface area (Å²) in [5, 5.41) is 12.5. The number of halogens is 2. The number of aryl methyl sites for hydroxylation is 1. The van der Waals surface area contributed by atoms with Gasteiger partial charge in [-0.3, -0.25) is 4.79 Å². The molecule has 0 aliphatic carbocycles. The molecule has 0 spiro atoms. The molecule has 2 aromatic heterocycles. The molecule has 0 bridgehead atoms. The molecule has 0 aliphatic heterocycles. The Morgan fingerprint density at radius 2 is 1.68 bits per heavy atom. The Balaban J connectivity index is 0.000000220. The average Bonchev–Trinajstić information content (AvgIpc) is 3.22. The Bertz CT molecular complexity index is 1500. The van der Waals surface area contributed by atoms with Gasteiger partial charge < -0.3 is 15.0 Å². The summed E-state index contributed by atoms with van der Waals surface area (Å²) in [6.45, 7) is 11.1. The average molecular weight is 547 g/mol. The van der Waals surface area contributed by atoms with Gasteiger partial charge in [-0.05, 0) is 26.8 Å². The SMILES string of the molecule is CC(C)Oc1cc(-n2nc(C(C)(C)C)oc2=O)c(Cl)cc1Cl.Cc1nnc(-c2ccccc2)c(=O)n1N. The number of benzene rings is 2. The molecule has 0 saturated heterocycles. The number of aromatic nitrogens is 5. The van der Waals surface area contributed by atoms with E-state index in [0.717, 1.165) is 9.36 Å². The van der Waals surface area contributed by atoms with Gasteiger partial charge in [-0.1, -0.05) is 74.3 Å². The van der Waals surface area contributed by atoms with Gasteiger partial charge in [0.1, 0.15) is 5.75 Å². The Hall–Kier alpha value is -3.63. The van der Waals surface area contributed by atoms with Gasteiger partial charge in [0.15, 0.2) is 11.5 Å². The van der Waals surface area contributed by atoms with Gasteiger partial charge in [0.25, 0.3) is 5.56 Å². The molecule has 37 heavy (non-hydrogen) atoms. The van der Waals surface area contributed by atoms with Crippen LogP contribution in [0.4, 0.5) is 0 Å². The smallest absolute Gasteiger partial charge is 0.442 e. The van der Waals surface area contributed by atoms with E-state index in [1.54, 1.807) is 25.1 Å². The predicted octanol–water partition coefficient (Wildman–Crippen LogP) is 4.54. The van der Waals surface area contributed by atoms with Gasteiger partial charge in [-0.25, -0.2) is 9.47 Å². The molecule has 196 valence electrons. The molecule has 0 saturated carbocycles. The minimum atomic E-state index is -0.607. The quantitative estimate of drug-likeness (QED) is 0.369. The van der Waals surface area contributed by atoms with Crippen molar-refractivity contribution in [2.75, 3.05) is 5.84 Å². The third-order valence-corrected chi connectivity index (χ3v) is 5.49. The predicted molar refractivity (Wildman–Crippen MR) is 143 cm³/mol. The minimum Gasteiger partial charge on any atom is -0.489 e. The van der Waals surface area contributed by atoms with E-state index in [-0.39, 0.29) is 27.8 Å². The van der Waals surface area contributed by atoms with E-state index in [1.807, 2.05) is 52.8 Å². The number of nitrogen functional groups attached to an aromatic ring is 1. The Labute approximate surface area is 223 Å². The fourth-order valence-corrected chi connectivity index (χ4v) is 3.52. The third kappa shape index (κ3) is 6.58. The van der Waals surface area contributed by atoms with Crippen molar-refractivity contribution >= 4 is 23.2 Å². The zero-order chi connectivity index (χ0) is 27.5. The second-order valence-corrected chi connectivity index (χ2v) is 10.2. The maximum atomic E-state index is 12.1. The van der Waals surface area contributed by atoms with Crippen molar-refractivity contribution in [1.82, 2.24) is 24.7 Å². The van der Waals surface area contributed by atoms with E-state index < -0.39 is 5.76 Å². The van der Waals surface area contributed by atoms with E-state index >= 15 is 0 Å². The molecular formula is C25H28Cl2N6O4. The first-order valence-electron chi connectivity index (χ1n) is 11.3. The van der Waals surface area contributed by atoms with Crippen LogP contribution in [0.1, 0.15) is 46.3 Å². The van der Waals surface area contributed by atoms with Crippen molar-refractivity contribution < 1.29 is 9.15 Å². The van der Waals surface area contributed by atoms with Crippen LogP contribution in [0.15, 0.2) is 56.5 Å². The highest BCUT2D eigenvalue weighted by molar-refractivity contribution is 6.36. The highest BCUT2D eigenvalue weighted by Gasteiger charge is 2.24. The van der Waals surface area contributed by atoms with Crippen molar-refractivity contribution in [2.45, 2.75) is 53.1 Å². The molecule has 0 unspecified atom stereocenters. The first kappa shape index (κ1) is 27.9. The molecule has 2 aromatic carbocycles. The zero-order valence-corrected chi connectivity index (χ0v) is 22.8. The summed E-state index contributed by atoms with van der Waals surface area (Å²) in [5.41, 5.74) is 0.623. The molecule has 0 fully saturated rings. The molecule has 2 heterocycles. The van der Waals surface area contributed by atoms with Gasteiger partial charge in [0, 0.05) is 17.0 Å². The van der Waals surface area contributed by atoms with Crippen LogP contribution in [0.3, 0.4) is 0 Å². The maximum absolute atomic E-state index is 12.1. The summed E-state index contributed by atoms with van der Waals surface area (Å²) in [6.07, 6.45) is -0.0642. The largest absolute Gasteiger partial charge is 0.489 e. The number of nitrogens with zero attached hydrogens (tertiary/aromatic N) is 5. The van der Waals surface area contributed by atoms with E-state index in [4.69, 9.17) is 38.2 Å². The lowest BCUT2D eigenvalue weighted by molar-refractivity contribution is 0.242. The van der Waals surface area contributed by atoms with Crippen LogP contribution in [-0.2, 0) is 5.41 Å². The number of nitrogens with two attached hydrogens (primary N) is 1. The number of hydrogen-bond donors (Lipinski definition) is 1. The number of hydrogen-bond acceptors (Lipinski definition) is 8. The molecule has 12 heteroatoms. The summed E-state index contributed by atoms with van der Waals surface area (Å²) < 4.78 is 12.9. The molecule has 10 nitrogen and oxygen atoms in total. The van der Waals surface area contributed by atoms with Crippen LogP contribution < -0.4 is 21.9 Å². The van der Waals surface area contributed by atoms with Crippen LogP contribution in [0.2, 0.25) is 10.0 Å². The van der Waals surface area contributed by atoms with Gasteiger partial charge in [0.05, 0.1) is 21.8 Å². The summed E-state index contributed by atoms with van der Waals surface area (Å²) in [5.74, 6) is 6.07. The normalized spacial score (nSPS) is 11.3. The fraction of sp³-hybridized carbons (Fsp3) is 0.320. The summed E-state index contributed by atoms with van der Waals surface area (Å²) in [7, 11) is 0. The van der Waals surface area contributed by atoms with Crippen molar-refractivity contribution in [2.24, 2.45) is 0 Å². The van der Waals surface area contributed by atoms with Crippen molar-refractivity contribution in [3.63, 3.8) is 0 Å². The number of ether oxygens (including phenoxy) is 1. The van der Waals surface area contributed by atoms with E-state index in [0.29, 0.717) is 33.7 Å². The molecule has 0 atom stereocenters.